The predicted octanol–water partition coefficient (Wildman–Crippen LogP) is 2.05. The Kier molecular flexibility index (Phi) is 5.73. The van der Waals surface area contributed by atoms with E-state index in [9.17, 15) is 4.79 Å². The summed E-state index contributed by atoms with van der Waals surface area (Å²) in [6, 6.07) is 11.9. The van der Waals surface area contributed by atoms with Crippen molar-refractivity contribution in [3.8, 4) is 0 Å². The van der Waals surface area contributed by atoms with Crippen LogP contribution in [0, 0.1) is 0 Å². The number of para-hydroxylation sites is 2. The number of morpholine rings is 1. The highest BCUT2D eigenvalue weighted by Crippen LogP contribution is 2.28. The van der Waals surface area contributed by atoms with Crippen molar-refractivity contribution in [2.75, 3.05) is 69.7 Å². The van der Waals surface area contributed by atoms with Gasteiger partial charge in [-0.05, 0) is 31.3 Å². The molecule has 0 atom stereocenters. The molecule has 0 spiro atoms. The van der Waals surface area contributed by atoms with Gasteiger partial charge in [0, 0.05) is 45.5 Å². The quantitative estimate of drug-likeness (QED) is 0.875. The average molecular weight is 381 g/mol. The maximum Gasteiger partial charge on any atom is 0.255 e. The first-order valence-electron chi connectivity index (χ1n) is 9.83. The molecule has 2 fully saturated rings. The lowest BCUT2D eigenvalue weighted by Gasteiger charge is -2.32. The Balaban J connectivity index is 1.44. The zero-order valence-electron chi connectivity index (χ0n) is 16.3. The summed E-state index contributed by atoms with van der Waals surface area (Å²) in [5.41, 5.74) is 2.79. The third-order valence-corrected chi connectivity index (χ3v) is 5.32. The number of benzene rings is 1. The van der Waals surface area contributed by atoms with Crippen LogP contribution in [0.25, 0.3) is 0 Å². The van der Waals surface area contributed by atoms with Crippen LogP contribution in [0.5, 0.6) is 0 Å². The second-order valence-electron chi connectivity index (χ2n) is 7.27. The molecule has 2 aliphatic rings. The third-order valence-electron chi connectivity index (χ3n) is 5.32. The number of likely N-dealkylation sites (N-methyl/N-ethyl adjacent to an activating group) is 1. The van der Waals surface area contributed by atoms with Crippen LogP contribution in [-0.4, -0.2) is 80.2 Å². The Morgan fingerprint density at radius 2 is 1.75 bits per heavy atom. The van der Waals surface area contributed by atoms with Gasteiger partial charge in [-0.2, -0.15) is 0 Å². The van der Waals surface area contributed by atoms with Crippen molar-refractivity contribution in [1.29, 1.82) is 0 Å². The van der Waals surface area contributed by atoms with E-state index in [2.05, 4.69) is 39.3 Å². The van der Waals surface area contributed by atoms with E-state index in [-0.39, 0.29) is 5.91 Å². The van der Waals surface area contributed by atoms with Crippen molar-refractivity contribution in [2.45, 2.75) is 0 Å². The van der Waals surface area contributed by atoms with E-state index in [1.165, 1.54) is 0 Å². The van der Waals surface area contributed by atoms with E-state index in [0.717, 1.165) is 69.7 Å². The van der Waals surface area contributed by atoms with Gasteiger partial charge in [0.25, 0.3) is 5.91 Å². The van der Waals surface area contributed by atoms with Crippen molar-refractivity contribution in [1.82, 2.24) is 14.8 Å². The first-order chi connectivity index (χ1) is 13.7. The SMILES string of the molecule is CN1CCN(C(=O)c2ccc(Nc3ccccc3N3CCOCC3)nc2)CC1. The molecule has 0 saturated carbocycles. The van der Waals surface area contributed by atoms with E-state index in [1.54, 1.807) is 6.20 Å². The molecule has 0 radical (unpaired) electrons. The van der Waals surface area contributed by atoms with Gasteiger partial charge in [-0.15, -0.1) is 0 Å². The van der Waals surface area contributed by atoms with Crippen molar-refractivity contribution < 1.29 is 9.53 Å². The van der Waals surface area contributed by atoms with E-state index in [1.807, 2.05) is 29.2 Å². The lowest BCUT2D eigenvalue weighted by atomic mass is 10.2. The highest BCUT2D eigenvalue weighted by molar-refractivity contribution is 5.94. The predicted molar refractivity (Wildman–Crippen MR) is 110 cm³/mol. The molecule has 1 aromatic heterocycles. The molecule has 1 aromatic carbocycles. The van der Waals surface area contributed by atoms with Crippen molar-refractivity contribution >= 4 is 23.1 Å². The fourth-order valence-electron chi connectivity index (χ4n) is 3.58. The number of aromatic nitrogens is 1. The maximum atomic E-state index is 12.7. The molecule has 0 bridgehead atoms. The van der Waals surface area contributed by atoms with Gasteiger partial charge in [-0.25, -0.2) is 4.98 Å². The summed E-state index contributed by atoms with van der Waals surface area (Å²) in [5, 5.41) is 3.40. The number of hydrogen-bond acceptors (Lipinski definition) is 6. The molecule has 2 aromatic rings. The molecular formula is C21H27N5O2. The minimum Gasteiger partial charge on any atom is -0.378 e. The minimum atomic E-state index is 0.0564. The van der Waals surface area contributed by atoms with Crippen LogP contribution in [0.15, 0.2) is 42.6 Å². The van der Waals surface area contributed by atoms with Gasteiger partial charge in [-0.3, -0.25) is 4.79 Å². The summed E-state index contributed by atoms with van der Waals surface area (Å²) < 4.78 is 5.46. The molecular weight excluding hydrogens is 354 g/mol. The largest absolute Gasteiger partial charge is 0.378 e. The number of rotatable bonds is 4. The second kappa shape index (κ2) is 8.58. The van der Waals surface area contributed by atoms with Gasteiger partial charge in [0.05, 0.1) is 30.2 Å². The van der Waals surface area contributed by atoms with E-state index in [0.29, 0.717) is 5.56 Å². The van der Waals surface area contributed by atoms with Gasteiger partial charge < -0.3 is 24.8 Å². The zero-order chi connectivity index (χ0) is 19.3. The van der Waals surface area contributed by atoms with Crippen LogP contribution in [0.4, 0.5) is 17.2 Å². The number of piperazine rings is 1. The van der Waals surface area contributed by atoms with Crippen LogP contribution >= 0.6 is 0 Å². The van der Waals surface area contributed by atoms with Gasteiger partial charge in [0.15, 0.2) is 0 Å². The van der Waals surface area contributed by atoms with Crippen LogP contribution < -0.4 is 10.2 Å². The van der Waals surface area contributed by atoms with Gasteiger partial charge in [-0.1, -0.05) is 12.1 Å². The number of carbonyl (C=O) groups excluding carboxylic acids is 1. The second-order valence-corrected chi connectivity index (χ2v) is 7.27. The van der Waals surface area contributed by atoms with Crippen LogP contribution in [0.2, 0.25) is 0 Å². The Bertz CT molecular complexity index is 797. The number of amides is 1. The summed E-state index contributed by atoms with van der Waals surface area (Å²) >= 11 is 0. The Labute approximate surface area is 165 Å². The van der Waals surface area contributed by atoms with Gasteiger partial charge in [0.2, 0.25) is 0 Å². The summed E-state index contributed by atoms with van der Waals surface area (Å²) in [4.78, 5) is 23.6. The number of ether oxygens (including phenoxy) is 1. The van der Waals surface area contributed by atoms with Crippen LogP contribution in [0.1, 0.15) is 10.4 Å². The molecule has 28 heavy (non-hydrogen) atoms. The molecule has 7 heteroatoms. The number of nitrogens with one attached hydrogen (secondary N) is 1. The maximum absolute atomic E-state index is 12.7. The van der Waals surface area contributed by atoms with Crippen LogP contribution in [0.3, 0.4) is 0 Å². The molecule has 2 aliphatic heterocycles. The standard InChI is InChI=1S/C21H27N5O2/c1-24-8-10-26(11-9-24)21(27)17-6-7-20(22-16-17)23-18-4-2-3-5-19(18)25-12-14-28-15-13-25/h2-7,16H,8-15H2,1H3,(H,22,23). The van der Waals surface area contributed by atoms with E-state index >= 15 is 0 Å². The first kappa shape index (κ1) is 18.7. The van der Waals surface area contributed by atoms with E-state index in [4.69, 9.17) is 4.74 Å². The molecule has 7 nitrogen and oxygen atoms in total. The van der Waals surface area contributed by atoms with Crippen molar-refractivity contribution in [3.63, 3.8) is 0 Å². The number of hydrogen-bond donors (Lipinski definition) is 1. The normalized spacial score (nSPS) is 18.2. The van der Waals surface area contributed by atoms with Crippen molar-refractivity contribution in [3.05, 3.63) is 48.2 Å². The Morgan fingerprint density at radius 1 is 1.00 bits per heavy atom. The molecule has 4 rings (SSSR count). The molecule has 2 saturated heterocycles. The van der Waals surface area contributed by atoms with Crippen molar-refractivity contribution in [2.24, 2.45) is 0 Å². The number of nitrogens with zero attached hydrogens (tertiary/aromatic N) is 4. The third kappa shape index (κ3) is 4.26. The number of carbonyl (C=O) groups is 1. The lowest BCUT2D eigenvalue weighted by molar-refractivity contribution is 0.0663. The topological polar surface area (TPSA) is 60.9 Å². The highest BCUT2D eigenvalue weighted by atomic mass is 16.5. The summed E-state index contributed by atoms with van der Waals surface area (Å²) in [6.45, 7) is 6.61. The van der Waals surface area contributed by atoms with Gasteiger partial charge >= 0.3 is 0 Å². The smallest absolute Gasteiger partial charge is 0.255 e. The molecule has 1 N–H and O–H groups in total. The molecule has 1 amide bonds. The minimum absolute atomic E-state index is 0.0564. The Morgan fingerprint density at radius 3 is 2.46 bits per heavy atom. The van der Waals surface area contributed by atoms with E-state index < -0.39 is 0 Å². The fraction of sp³-hybridized carbons (Fsp3) is 0.429. The van der Waals surface area contributed by atoms with Gasteiger partial charge in [0.1, 0.15) is 5.82 Å². The first-order valence-corrected chi connectivity index (χ1v) is 9.83. The molecule has 0 unspecified atom stereocenters. The number of anilines is 3. The molecule has 3 heterocycles. The average Bonchev–Trinajstić information content (AvgIpc) is 2.75. The highest BCUT2D eigenvalue weighted by Gasteiger charge is 2.20. The monoisotopic (exact) mass is 381 g/mol. The Hall–Kier alpha value is -2.64. The molecule has 148 valence electrons. The lowest BCUT2D eigenvalue weighted by Crippen LogP contribution is -2.47. The summed E-state index contributed by atoms with van der Waals surface area (Å²) in [6.07, 6.45) is 1.67. The molecule has 0 aliphatic carbocycles. The summed E-state index contributed by atoms with van der Waals surface area (Å²) in [7, 11) is 2.08. The zero-order valence-corrected chi connectivity index (χ0v) is 16.3. The number of pyridine rings is 1. The summed E-state index contributed by atoms with van der Waals surface area (Å²) in [5.74, 6) is 0.788. The fourth-order valence-corrected chi connectivity index (χ4v) is 3.58. The van der Waals surface area contributed by atoms with Crippen LogP contribution in [-0.2, 0) is 4.74 Å².